The minimum atomic E-state index is -0.967. The highest BCUT2D eigenvalue weighted by Crippen LogP contribution is 2.26. The quantitative estimate of drug-likeness (QED) is 0.523. The third-order valence-electron chi connectivity index (χ3n) is 3.64. The van der Waals surface area contributed by atoms with E-state index in [1.54, 1.807) is 23.1 Å². The van der Waals surface area contributed by atoms with Gasteiger partial charge >= 0.3 is 0 Å². The minimum absolute atomic E-state index is 0.0182. The molecule has 0 saturated heterocycles. The van der Waals surface area contributed by atoms with E-state index in [-0.39, 0.29) is 11.4 Å². The van der Waals surface area contributed by atoms with Crippen molar-refractivity contribution in [1.82, 2.24) is 24.7 Å². The number of pyridine rings is 1. The molecule has 2 aliphatic rings. The second-order valence-electron chi connectivity index (χ2n) is 5.38. The van der Waals surface area contributed by atoms with E-state index in [0.29, 0.717) is 23.1 Å². The number of hydrogen-bond acceptors (Lipinski definition) is 4. The van der Waals surface area contributed by atoms with E-state index in [2.05, 4.69) is 20.1 Å². The number of nitrogens with zero attached hydrogens (tertiary/aromatic N) is 5. The lowest BCUT2D eigenvalue weighted by atomic mass is 10.2. The van der Waals surface area contributed by atoms with Gasteiger partial charge in [0.05, 0.1) is 24.5 Å². The Kier molecular flexibility index (Phi) is 3.85. The maximum Gasteiger partial charge on any atom is 0.169 e. The summed E-state index contributed by atoms with van der Waals surface area (Å²) in [5, 5.41) is 4.67. The summed E-state index contributed by atoms with van der Waals surface area (Å²) in [6, 6.07) is 7.45. The van der Waals surface area contributed by atoms with Crippen LogP contribution in [0.3, 0.4) is 0 Å². The number of fused-ring (bicyclic) bond motifs is 1. The molecule has 0 N–H and O–H groups in total. The van der Waals surface area contributed by atoms with Crippen LogP contribution in [0.4, 0.5) is 8.78 Å². The Bertz CT molecular complexity index is 1020. The van der Waals surface area contributed by atoms with Gasteiger partial charge in [0.2, 0.25) is 0 Å². The van der Waals surface area contributed by atoms with E-state index in [4.69, 9.17) is 11.6 Å². The van der Waals surface area contributed by atoms with Gasteiger partial charge in [0.15, 0.2) is 17.5 Å². The lowest BCUT2D eigenvalue weighted by molar-refractivity contribution is 0.510. The largest absolute Gasteiger partial charge is 0.266 e. The van der Waals surface area contributed by atoms with Crippen LogP contribution in [0.1, 0.15) is 5.56 Å². The van der Waals surface area contributed by atoms with Crippen molar-refractivity contribution >= 4 is 11.6 Å². The first-order chi connectivity index (χ1) is 12.1. The standard InChI is InChI=1S/C17H10ClF2N5/c18-15-5-4-10(6-21-15)8-25-9-14-13(7-22-25)23-17(24-14)11-2-1-3-12(19)16(11)20/h1-7,9H,8H2. The molecule has 4 rings (SSSR count). The van der Waals surface area contributed by atoms with Gasteiger partial charge in [0, 0.05) is 6.20 Å². The first kappa shape index (κ1) is 15.6. The van der Waals surface area contributed by atoms with Crippen molar-refractivity contribution in [2.45, 2.75) is 6.54 Å². The van der Waals surface area contributed by atoms with Crippen LogP contribution in [0.2, 0.25) is 5.15 Å². The highest BCUT2D eigenvalue weighted by molar-refractivity contribution is 6.29. The van der Waals surface area contributed by atoms with Crippen molar-refractivity contribution in [2.24, 2.45) is 0 Å². The van der Waals surface area contributed by atoms with Crippen molar-refractivity contribution < 1.29 is 8.78 Å². The van der Waals surface area contributed by atoms with Gasteiger partial charge in [-0.05, 0) is 23.8 Å². The lowest BCUT2D eigenvalue weighted by Crippen LogP contribution is -2.05. The Balaban J connectivity index is 1.69. The summed E-state index contributed by atoms with van der Waals surface area (Å²) in [5.41, 5.74) is 1.97. The monoisotopic (exact) mass is 357 g/mol. The van der Waals surface area contributed by atoms with Crippen LogP contribution in [0.25, 0.3) is 22.8 Å². The Labute approximate surface area is 146 Å². The van der Waals surface area contributed by atoms with Crippen LogP contribution >= 0.6 is 11.6 Å². The molecule has 2 aromatic rings. The molecule has 124 valence electrons. The molecule has 0 radical (unpaired) electrons. The fourth-order valence-electron chi connectivity index (χ4n) is 2.43. The maximum absolute atomic E-state index is 13.9. The molecule has 0 aliphatic carbocycles. The van der Waals surface area contributed by atoms with E-state index in [0.717, 1.165) is 11.6 Å². The molecule has 3 heterocycles. The van der Waals surface area contributed by atoms with Gasteiger partial charge in [-0.1, -0.05) is 23.7 Å². The molecule has 0 saturated carbocycles. The molecule has 2 aliphatic heterocycles. The van der Waals surface area contributed by atoms with Crippen molar-refractivity contribution in [3.8, 4) is 22.8 Å². The molecule has 0 unspecified atom stereocenters. The molecule has 1 aromatic heterocycles. The Morgan fingerprint density at radius 3 is 2.64 bits per heavy atom. The Morgan fingerprint density at radius 1 is 1.00 bits per heavy atom. The van der Waals surface area contributed by atoms with Crippen LogP contribution in [0.5, 0.6) is 0 Å². The number of aromatic nitrogens is 5. The zero-order valence-electron chi connectivity index (χ0n) is 12.7. The Hall–Kier alpha value is -2.93. The summed E-state index contributed by atoms with van der Waals surface area (Å²) >= 11 is 5.77. The molecule has 0 bridgehead atoms. The van der Waals surface area contributed by atoms with Crippen LogP contribution in [-0.4, -0.2) is 24.7 Å². The van der Waals surface area contributed by atoms with Gasteiger partial charge < -0.3 is 0 Å². The van der Waals surface area contributed by atoms with Gasteiger partial charge in [0.25, 0.3) is 0 Å². The number of benzene rings is 1. The summed E-state index contributed by atoms with van der Waals surface area (Å²) in [6.45, 7) is 0.469. The molecule has 0 amide bonds. The van der Waals surface area contributed by atoms with E-state index in [1.807, 2.05) is 6.07 Å². The summed E-state index contributed by atoms with van der Waals surface area (Å²) < 4.78 is 29.0. The number of halogens is 3. The van der Waals surface area contributed by atoms with Crippen molar-refractivity contribution in [3.63, 3.8) is 0 Å². The second-order valence-corrected chi connectivity index (χ2v) is 5.77. The van der Waals surface area contributed by atoms with E-state index in [9.17, 15) is 8.78 Å². The zero-order chi connectivity index (χ0) is 17.4. The molecule has 25 heavy (non-hydrogen) atoms. The fraction of sp³-hybridized carbons (Fsp3) is 0.0588. The number of rotatable bonds is 3. The first-order valence-electron chi connectivity index (χ1n) is 7.35. The van der Waals surface area contributed by atoms with Gasteiger partial charge in [-0.15, -0.1) is 0 Å². The van der Waals surface area contributed by atoms with Crippen molar-refractivity contribution in [1.29, 1.82) is 0 Å². The summed E-state index contributed by atoms with van der Waals surface area (Å²) in [6.07, 6.45) is 4.88. The predicted octanol–water partition coefficient (Wildman–Crippen LogP) is 3.82. The highest BCUT2D eigenvalue weighted by Gasteiger charge is 2.18. The predicted molar refractivity (Wildman–Crippen MR) is 88.1 cm³/mol. The number of hydrogen-bond donors (Lipinski definition) is 0. The molecule has 8 heteroatoms. The normalized spacial score (nSPS) is 11.2. The van der Waals surface area contributed by atoms with E-state index in [1.165, 1.54) is 18.3 Å². The first-order valence-corrected chi connectivity index (χ1v) is 7.73. The van der Waals surface area contributed by atoms with Gasteiger partial charge in [-0.3, -0.25) is 4.68 Å². The van der Waals surface area contributed by atoms with Crippen molar-refractivity contribution in [2.75, 3.05) is 0 Å². The molecular weight excluding hydrogens is 348 g/mol. The molecule has 0 atom stereocenters. The fourth-order valence-corrected chi connectivity index (χ4v) is 2.54. The molecule has 0 fully saturated rings. The van der Waals surface area contributed by atoms with Crippen molar-refractivity contribution in [3.05, 3.63) is 71.3 Å². The summed E-state index contributed by atoms with van der Waals surface area (Å²) in [4.78, 5) is 12.5. The van der Waals surface area contributed by atoms with Crippen LogP contribution in [0.15, 0.2) is 48.9 Å². The van der Waals surface area contributed by atoms with Crippen LogP contribution in [0, 0.1) is 11.6 Å². The Morgan fingerprint density at radius 2 is 1.84 bits per heavy atom. The summed E-state index contributed by atoms with van der Waals surface area (Å²) in [7, 11) is 0. The smallest absolute Gasteiger partial charge is 0.169 e. The lowest BCUT2D eigenvalue weighted by Gasteiger charge is -2.06. The molecular formula is C17H10ClF2N5. The van der Waals surface area contributed by atoms with Gasteiger partial charge in [-0.2, -0.15) is 5.10 Å². The van der Waals surface area contributed by atoms with E-state index < -0.39 is 11.6 Å². The average Bonchev–Trinajstić information content (AvgIpc) is 3.02. The topological polar surface area (TPSA) is 56.5 Å². The SMILES string of the molecule is Fc1cccc(-c2nc3cnn(Cc4ccc(Cl)nc4)cc-3n2)c1F. The second kappa shape index (κ2) is 6.18. The highest BCUT2D eigenvalue weighted by atomic mass is 35.5. The van der Waals surface area contributed by atoms with Gasteiger partial charge in [0.1, 0.15) is 16.5 Å². The van der Waals surface area contributed by atoms with Crippen LogP contribution < -0.4 is 0 Å². The van der Waals surface area contributed by atoms with E-state index >= 15 is 0 Å². The third kappa shape index (κ3) is 3.06. The van der Waals surface area contributed by atoms with Gasteiger partial charge in [-0.25, -0.2) is 23.7 Å². The molecule has 5 nitrogen and oxygen atoms in total. The minimum Gasteiger partial charge on any atom is -0.266 e. The third-order valence-corrected chi connectivity index (χ3v) is 3.86. The molecule has 0 spiro atoms. The number of imidazole rings is 1. The average molecular weight is 358 g/mol. The van der Waals surface area contributed by atoms with Crippen LogP contribution in [-0.2, 0) is 6.54 Å². The molecule has 1 aromatic carbocycles. The maximum atomic E-state index is 13.9. The summed E-state index contributed by atoms with van der Waals surface area (Å²) in [5.74, 6) is -1.78. The zero-order valence-corrected chi connectivity index (χ0v) is 13.5.